The van der Waals surface area contributed by atoms with E-state index in [4.69, 9.17) is 28.9 Å². The number of carbonyl (C=O) groups excluding carboxylic acids is 2. The quantitative estimate of drug-likeness (QED) is 0.421. The predicted octanol–water partition coefficient (Wildman–Crippen LogP) is 5.13. The van der Waals surface area contributed by atoms with Gasteiger partial charge in [-0.05, 0) is 61.1 Å². The summed E-state index contributed by atoms with van der Waals surface area (Å²) < 4.78 is 27.4. The summed E-state index contributed by atoms with van der Waals surface area (Å²) in [6.07, 6.45) is 2.11. The van der Waals surface area contributed by atoms with Crippen molar-refractivity contribution >= 4 is 45.0 Å². The number of likely N-dealkylation sites (N-methyl/N-ethyl adjacent to an activating group) is 1. The fourth-order valence-corrected chi connectivity index (χ4v) is 7.71. The Morgan fingerprint density at radius 3 is 2.34 bits per heavy atom. The van der Waals surface area contributed by atoms with E-state index in [1.165, 1.54) is 4.31 Å². The largest absolute Gasteiger partial charge is 0.370 e. The maximum absolute atomic E-state index is 14.4. The maximum Gasteiger partial charge on any atom is 0.229 e. The number of primary amides is 1. The molecule has 38 heavy (non-hydrogen) atoms. The van der Waals surface area contributed by atoms with E-state index in [0.29, 0.717) is 35.7 Å². The van der Waals surface area contributed by atoms with Gasteiger partial charge in [0.1, 0.15) is 0 Å². The molecule has 1 saturated heterocycles. The molecule has 2 aromatic rings. The first-order valence-corrected chi connectivity index (χ1v) is 15.2. The van der Waals surface area contributed by atoms with E-state index >= 15 is 0 Å². The second-order valence-electron chi connectivity index (χ2n) is 10.9. The molecule has 10 heteroatoms. The Morgan fingerprint density at radius 1 is 1.13 bits per heavy atom. The van der Waals surface area contributed by atoms with Gasteiger partial charge in [-0.25, -0.2) is 12.7 Å². The van der Waals surface area contributed by atoms with Crippen LogP contribution in [0.3, 0.4) is 0 Å². The van der Waals surface area contributed by atoms with Crippen molar-refractivity contribution < 1.29 is 18.0 Å². The summed E-state index contributed by atoms with van der Waals surface area (Å²) >= 11 is 12.6. The van der Waals surface area contributed by atoms with E-state index in [1.54, 1.807) is 37.1 Å². The standard InChI is InChI=1S/C28H35Cl2N3O4S/c1-4-22(17-32(3)38(36,37)23-12-13-23)33-26(18-8-10-20(29)11-9-18)24(19-6-5-7-21(30)14-19)15-28(2,27(33)35)16-25(31)34/h5-11,14,22-24,26H,4,12-13,15-17H2,1-3H3,(H2,31,34)/t22?,24-,26?,28-/m1/s1. The molecule has 1 aliphatic carbocycles. The van der Waals surface area contributed by atoms with Gasteiger partial charge in [-0.3, -0.25) is 9.59 Å². The van der Waals surface area contributed by atoms with Crippen molar-refractivity contribution in [3.8, 4) is 0 Å². The fourth-order valence-electron chi connectivity index (χ4n) is 5.77. The average Bonchev–Trinajstić information content (AvgIpc) is 3.70. The number of nitrogens with two attached hydrogens (primary N) is 1. The van der Waals surface area contributed by atoms with Crippen LogP contribution in [0, 0.1) is 5.41 Å². The number of sulfonamides is 1. The van der Waals surface area contributed by atoms with Gasteiger partial charge in [0.05, 0.1) is 16.7 Å². The minimum Gasteiger partial charge on any atom is -0.370 e. The van der Waals surface area contributed by atoms with Crippen molar-refractivity contribution in [3.63, 3.8) is 0 Å². The van der Waals surface area contributed by atoms with E-state index in [0.717, 1.165) is 11.1 Å². The number of amides is 2. The van der Waals surface area contributed by atoms with Crippen LogP contribution in [0.2, 0.25) is 10.0 Å². The van der Waals surface area contributed by atoms with Crippen molar-refractivity contribution in [1.29, 1.82) is 0 Å². The van der Waals surface area contributed by atoms with Crippen molar-refractivity contribution in [2.75, 3.05) is 13.6 Å². The van der Waals surface area contributed by atoms with Crippen LogP contribution < -0.4 is 5.73 Å². The molecule has 2 aliphatic rings. The summed E-state index contributed by atoms with van der Waals surface area (Å²) in [7, 11) is -1.87. The Kier molecular flexibility index (Phi) is 8.48. The SMILES string of the molecule is CCC(CN(C)S(=O)(=O)C1CC1)N1C(=O)[C@@](C)(CC(N)=O)C[C@H](c2cccc(Cl)c2)C1c1ccc(Cl)cc1. The van der Waals surface area contributed by atoms with E-state index in [2.05, 4.69) is 0 Å². The molecule has 2 N–H and O–H groups in total. The number of hydrogen-bond acceptors (Lipinski definition) is 4. The Bertz CT molecular complexity index is 1300. The van der Waals surface area contributed by atoms with Crippen molar-refractivity contribution in [1.82, 2.24) is 9.21 Å². The van der Waals surface area contributed by atoms with Crippen molar-refractivity contribution in [3.05, 3.63) is 69.7 Å². The molecule has 7 nitrogen and oxygen atoms in total. The average molecular weight is 581 g/mol. The molecule has 0 aromatic heterocycles. The lowest BCUT2D eigenvalue weighted by Crippen LogP contribution is -2.58. The monoisotopic (exact) mass is 579 g/mol. The Morgan fingerprint density at radius 2 is 1.79 bits per heavy atom. The summed E-state index contributed by atoms with van der Waals surface area (Å²) in [6.45, 7) is 3.88. The third kappa shape index (κ3) is 5.88. The fraction of sp³-hybridized carbons (Fsp3) is 0.500. The maximum atomic E-state index is 14.4. The Balaban J connectivity index is 1.86. The smallest absolute Gasteiger partial charge is 0.229 e. The number of halogens is 2. The molecule has 0 spiro atoms. The first kappa shape index (κ1) is 28.9. The normalized spacial score (nSPS) is 25.0. The summed E-state index contributed by atoms with van der Waals surface area (Å²) in [5.41, 5.74) is 6.38. The molecule has 1 saturated carbocycles. The Hall–Kier alpha value is -2.13. The van der Waals surface area contributed by atoms with Crippen LogP contribution in [-0.4, -0.2) is 54.3 Å². The van der Waals surface area contributed by atoms with Gasteiger partial charge in [-0.2, -0.15) is 0 Å². The van der Waals surface area contributed by atoms with E-state index in [-0.39, 0.29) is 30.0 Å². The van der Waals surface area contributed by atoms with Crippen LogP contribution >= 0.6 is 23.2 Å². The molecule has 2 fully saturated rings. The van der Waals surface area contributed by atoms with Crippen LogP contribution in [0.25, 0.3) is 0 Å². The van der Waals surface area contributed by atoms with Gasteiger partial charge in [-0.15, -0.1) is 0 Å². The number of hydrogen-bond donors (Lipinski definition) is 1. The number of piperidine rings is 1. The lowest BCUT2D eigenvalue weighted by Gasteiger charge is -2.52. The predicted molar refractivity (Wildman–Crippen MR) is 150 cm³/mol. The number of likely N-dealkylation sites (tertiary alicyclic amines) is 1. The van der Waals surface area contributed by atoms with Gasteiger partial charge in [0.15, 0.2) is 0 Å². The molecule has 206 valence electrons. The van der Waals surface area contributed by atoms with Gasteiger partial charge in [0, 0.05) is 42.0 Å². The molecule has 0 bridgehead atoms. The molecule has 0 radical (unpaired) electrons. The van der Waals surface area contributed by atoms with E-state index < -0.39 is 33.4 Å². The second kappa shape index (κ2) is 11.2. The Labute approximate surface area is 235 Å². The van der Waals surface area contributed by atoms with Gasteiger partial charge >= 0.3 is 0 Å². The van der Waals surface area contributed by atoms with E-state index in [1.807, 2.05) is 37.3 Å². The zero-order valence-electron chi connectivity index (χ0n) is 21.9. The first-order valence-electron chi connectivity index (χ1n) is 12.9. The number of rotatable bonds is 10. The van der Waals surface area contributed by atoms with Crippen LogP contribution in [0.1, 0.15) is 69.0 Å². The summed E-state index contributed by atoms with van der Waals surface area (Å²) in [5, 5.41) is 0.788. The van der Waals surface area contributed by atoms with Gasteiger partial charge < -0.3 is 10.6 Å². The van der Waals surface area contributed by atoms with Crippen molar-refractivity contribution in [2.24, 2.45) is 11.1 Å². The van der Waals surface area contributed by atoms with E-state index in [9.17, 15) is 18.0 Å². The highest BCUT2D eigenvalue weighted by atomic mass is 35.5. The molecule has 4 rings (SSSR count). The van der Waals surface area contributed by atoms with Crippen LogP contribution in [-0.2, 0) is 19.6 Å². The molecule has 4 atom stereocenters. The highest BCUT2D eigenvalue weighted by Gasteiger charge is 2.52. The minimum absolute atomic E-state index is 0.112. The highest BCUT2D eigenvalue weighted by molar-refractivity contribution is 7.90. The molecule has 2 aromatic carbocycles. The topological polar surface area (TPSA) is 101 Å². The number of nitrogens with zero attached hydrogens (tertiary/aromatic N) is 2. The minimum atomic E-state index is -3.45. The van der Waals surface area contributed by atoms with Gasteiger partial charge in [0.25, 0.3) is 0 Å². The van der Waals surface area contributed by atoms with Gasteiger partial charge in [0.2, 0.25) is 21.8 Å². The molecule has 2 unspecified atom stereocenters. The number of benzene rings is 2. The van der Waals surface area contributed by atoms with Crippen LogP contribution in [0.15, 0.2) is 48.5 Å². The lowest BCUT2D eigenvalue weighted by molar-refractivity contribution is -0.157. The summed E-state index contributed by atoms with van der Waals surface area (Å²) in [6, 6.07) is 14.0. The molecule has 1 heterocycles. The molecular weight excluding hydrogens is 545 g/mol. The molecule has 2 amide bonds. The zero-order chi connectivity index (χ0) is 27.8. The summed E-state index contributed by atoms with van der Waals surface area (Å²) in [5.74, 6) is -0.994. The highest BCUT2D eigenvalue weighted by Crippen LogP contribution is 2.52. The van der Waals surface area contributed by atoms with Crippen molar-refractivity contribution in [2.45, 2.75) is 69.2 Å². The van der Waals surface area contributed by atoms with Gasteiger partial charge in [-0.1, -0.05) is 61.3 Å². The van der Waals surface area contributed by atoms with Crippen LogP contribution in [0.4, 0.5) is 0 Å². The molecular formula is C28H35Cl2N3O4S. The third-order valence-electron chi connectivity index (χ3n) is 7.87. The third-order valence-corrected chi connectivity index (χ3v) is 10.7. The molecule has 1 aliphatic heterocycles. The summed E-state index contributed by atoms with van der Waals surface area (Å²) in [4.78, 5) is 28.3. The number of carbonyl (C=O) groups is 2. The first-order chi connectivity index (χ1) is 17.9. The second-order valence-corrected chi connectivity index (χ2v) is 14.1. The lowest BCUT2D eigenvalue weighted by atomic mass is 9.67. The zero-order valence-corrected chi connectivity index (χ0v) is 24.3. The van der Waals surface area contributed by atoms with Crippen LogP contribution in [0.5, 0.6) is 0 Å².